The molecule has 0 saturated carbocycles. The first-order chi connectivity index (χ1) is 24.2. The molecule has 2 N–H and O–H groups in total. The van der Waals surface area contributed by atoms with Gasteiger partial charge in [0.15, 0.2) is 21.5 Å². The van der Waals surface area contributed by atoms with Crippen LogP contribution in [0.2, 0.25) is 0 Å². The van der Waals surface area contributed by atoms with Gasteiger partial charge in [0, 0.05) is 59.3 Å². The number of nitrogens with one attached hydrogen (secondary N) is 1. The molecule has 0 spiro atoms. The van der Waals surface area contributed by atoms with Crippen molar-refractivity contribution < 1.29 is 37.3 Å². The van der Waals surface area contributed by atoms with Crippen molar-refractivity contribution in [2.24, 2.45) is 10.1 Å². The molecule has 50 heavy (non-hydrogen) atoms. The number of aliphatic hydroxyl groups is 1. The predicted octanol–water partition coefficient (Wildman–Crippen LogP) is 5.84. The summed E-state index contributed by atoms with van der Waals surface area (Å²) in [5.41, 5.74) is 9.23. The van der Waals surface area contributed by atoms with Gasteiger partial charge in [-0.15, -0.1) is 0 Å². The fourth-order valence-electron chi connectivity index (χ4n) is 5.56. The number of ether oxygens (including phenoxy) is 4. The van der Waals surface area contributed by atoms with Crippen molar-refractivity contribution in [1.29, 1.82) is 0 Å². The summed E-state index contributed by atoms with van der Waals surface area (Å²) in [6.07, 6.45) is -1.00. The van der Waals surface area contributed by atoms with Gasteiger partial charge in [-0.25, -0.2) is 13.4 Å². The van der Waals surface area contributed by atoms with Crippen molar-refractivity contribution in [3.05, 3.63) is 124 Å². The number of hydrogen-bond acceptors (Lipinski definition) is 10. The maximum Gasteiger partial charge on any atom is 0.252 e. The summed E-state index contributed by atoms with van der Waals surface area (Å²) in [5, 5.41) is 15.9. The van der Waals surface area contributed by atoms with Crippen molar-refractivity contribution in [2.45, 2.75) is 35.9 Å². The highest BCUT2D eigenvalue weighted by atomic mass is 32.2. The van der Waals surface area contributed by atoms with E-state index in [0.29, 0.717) is 47.0 Å². The zero-order chi connectivity index (χ0) is 35.6. The standard InChI is InChI=1S/C36H37N5O8S/c1-46-28-18-15-26(32(23-28)47-2)24-38-35(43)36(19-22-50(44,45)29-9-4-3-5-10-29)33(30-11-6-7-12-31(30)40-41-37)49-34(39-36)25-13-16-27(17-14-25)48-21-8-20-42/h3-7,9-18,23,33,42H,8,19-22,24H2,1-2H3,(H,38,43)/t33-,36-/m1/s1. The maximum atomic E-state index is 14.6. The number of azide groups is 1. The van der Waals surface area contributed by atoms with Crippen molar-refractivity contribution >= 4 is 27.3 Å². The second kappa shape index (κ2) is 16.2. The smallest absolute Gasteiger partial charge is 0.252 e. The van der Waals surface area contributed by atoms with E-state index >= 15 is 0 Å². The van der Waals surface area contributed by atoms with Crippen LogP contribution in [0.25, 0.3) is 10.4 Å². The second-order valence-corrected chi connectivity index (χ2v) is 13.4. The number of nitrogens with zero attached hydrogens (tertiary/aromatic N) is 4. The molecule has 14 heteroatoms. The summed E-state index contributed by atoms with van der Waals surface area (Å²) in [7, 11) is -0.849. The number of hydrogen-bond donors (Lipinski definition) is 2. The first kappa shape index (κ1) is 35.7. The number of amides is 1. The van der Waals surface area contributed by atoms with Crippen molar-refractivity contribution in [2.75, 3.05) is 33.2 Å². The molecule has 0 aliphatic carbocycles. The van der Waals surface area contributed by atoms with E-state index in [1.807, 2.05) is 0 Å². The molecule has 1 aliphatic heterocycles. The Labute approximate surface area is 290 Å². The first-order valence-corrected chi connectivity index (χ1v) is 17.4. The van der Waals surface area contributed by atoms with E-state index in [2.05, 4.69) is 15.3 Å². The number of sulfone groups is 1. The summed E-state index contributed by atoms with van der Waals surface area (Å²) in [6.45, 7) is 0.329. The van der Waals surface area contributed by atoms with Gasteiger partial charge < -0.3 is 29.4 Å². The van der Waals surface area contributed by atoms with Gasteiger partial charge in [-0.3, -0.25) is 4.79 Å². The minimum Gasteiger partial charge on any atom is -0.497 e. The fourth-order valence-corrected chi connectivity index (χ4v) is 6.95. The van der Waals surface area contributed by atoms with E-state index in [1.165, 1.54) is 26.4 Å². The van der Waals surface area contributed by atoms with E-state index < -0.39 is 33.1 Å². The maximum absolute atomic E-state index is 14.6. The van der Waals surface area contributed by atoms with Crippen LogP contribution in [-0.4, -0.2) is 64.1 Å². The zero-order valence-corrected chi connectivity index (χ0v) is 28.4. The summed E-state index contributed by atoms with van der Waals surface area (Å²) in [5.74, 6) is 0.618. The van der Waals surface area contributed by atoms with Gasteiger partial charge in [0.1, 0.15) is 17.2 Å². The van der Waals surface area contributed by atoms with Crippen molar-refractivity contribution in [3.63, 3.8) is 0 Å². The van der Waals surface area contributed by atoms with Gasteiger partial charge in [0.25, 0.3) is 5.91 Å². The molecule has 1 aliphatic rings. The van der Waals surface area contributed by atoms with Gasteiger partial charge >= 0.3 is 0 Å². The van der Waals surface area contributed by atoms with Crippen LogP contribution in [0.3, 0.4) is 0 Å². The van der Waals surface area contributed by atoms with Gasteiger partial charge in [-0.2, -0.15) is 0 Å². The number of methoxy groups -OCH3 is 2. The molecular formula is C36H37N5O8S. The normalized spacial score (nSPS) is 16.8. The molecule has 0 saturated heterocycles. The minimum atomic E-state index is -3.88. The summed E-state index contributed by atoms with van der Waals surface area (Å²) >= 11 is 0. The molecule has 5 rings (SSSR count). The van der Waals surface area contributed by atoms with Crippen LogP contribution in [-0.2, 0) is 25.9 Å². The van der Waals surface area contributed by atoms with Crippen molar-refractivity contribution in [1.82, 2.24) is 5.32 Å². The number of benzene rings is 4. The lowest BCUT2D eigenvalue weighted by Crippen LogP contribution is -2.49. The molecule has 4 aromatic carbocycles. The molecule has 260 valence electrons. The predicted molar refractivity (Wildman–Crippen MR) is 186 cm³/mol. The highest BCUT2D eigenvalue weighted by Gasteiger charge is 2.54. The minimum absolute atomic E-state index is 0.00315. The number of aliphatic imine (C=N–C) groups is 1. The third kappa shape index (κ3) is 8.00. The lowest BCUT2D eigenvalue weighted by Gasteiger charge is -2.31. The third-order valence-corrected chi connectivity index (χ3v) is 9.92. The zero-order valence-electron chi connectivity index (χ0n) is 27.6. The highest BCUT2D eigenvalue weighted by molar-refractivity contribution is 7.91. The monoisotopic (exact) mass is 699 g/mol. The van der Waals surface area contributed by atoms with Gasteiger partial charge in [0.2, 0.25) is 5.90 Å². The largest absolute Gasteiger partial charge is 0.497 e. The molecular weight excluding hydrogens is 662 g/mol. The Morgan fingerprint density at radius 2 is 1.72 bits per heavy atom. The Kier molecular flexibility index (Phi) is 11.6. The van der Waals surface area contributed by atoms with Crippen LogP contribution in [0.15, 0.2) is 112 Å². The van der Waals surface area contributed by atoms with E-state index in [-0.39, 0.29) is 36.1 Å². The average molecular weight is 700 g/mol. The summed E-state index contributed by atoms with van der Waals surface area (Å²) in [6, 6.07) is 26.6. The molecule has 0 fully saturated rings. The van der Waals surface area contributed by atoms with Crippen LogP contribution in [0, 0.1) is 0 Å². The van der Waals surface area contributed by atoms with Crippen molar-refractivity contribution in [3.8, 4) is 17.2 Å². The fraction of sp³-hybridized carbons (Fsp3) is 0.278. The van der Waals surface area contributed by atoms with Crippen LogP contribution >= 0.6 is 0 Å². The quantitative estimate of drug-likeness (QED) is 0.0633. The van der Waals surface area contributed by atoms with Gasteiger partial charge in [0.05, 0.1) is 31.5 Å². The lowest BCUT2D eigenvalue weighted by molar-refractivity contribution is -0.129. The molecule has 0 radical (unpaired) electrons. The Balaban J connectivity index is 1.60. The Morgan fingerprint density at radius 1 is 1.00 bits per heavy atom. The number of carbonyl (C=O) groups is 1. The molecule has 13 nitrogen and oxygen atoms in total. The first-order valence-electron chi connectivity index (χ1n) is 15.8. The molecule has 1 heterocycles. The lowest BCUT2D eigenvalue weighted by atomic mass is 9.84. The van der Waals surface area contributed by atoms with Crippen LogP contribution in [0.1, 0.15) is 35.6 Å². The van der Waals surface area contributed by atoms with Gasteiger partial charge in [-0.05, 0) is 54.1 Å². The van der Waals surface area contributed by atoms with E-state index in [4.69, 9.17) is 29.0 Å². The van der Waals surface area contributed by atoms with Crippen LogP contribution < -0.4 is 19.5 Å². The molecule has 1 amide bonds. The molecule has 4 aromatic rings. The molecule has 0 unspecified atom stereocenters. The molecule has 0 aromatic heterocycles. The Morgan fingerprint density at radius 3 is 2.42 bits per heavy atom. The van der Waals surface area contributed by atoms with Crippen LogP contribution in [0.4, 0.5) is 5.69 Å². The van der Waals surface area contributed by atoms with E-state index in [0.717, 1.165) is 0 Å². The topological polar surface area (TPSA) is 182 Å². The van der Waals surface area contributed by atoms with Crippen LogP contribution in [0.5, 0.6) is 17.2 Å². The second-order valence-electron chi connectivity index (χ2n) is 11.3. The summed E-state index contributed by atoms with van der Waals surface area (Å²) < 4.78 is 50.3. The Bertz CT molecular complexity index is 1980. The SMILES string of the molecule is COc1ccc(CNC(=O)[C@]2(CCS(=O)(=O)c3ccccc3)N=C(c3ccc(OCCCO)cc3)O[C@@H]2c2ccccc2N=[N+]=[N-])c(OC)c1. The summed E-state index contributed by atoms with van der Waals surface area (Å²) in [4.78, 5) is 22.6. The van der Waals surface area contributed by atoms with Gasteiger partial charge in [-0.1, -0.05) is 47.6 Å². The average Bonchev–Trinajstić information content (AvgIpc) is 3.55. The molecule has 2 atom stereocenters. The Hall–Kier alpha value is -5.56. The number of rotatable bonds is 16. The molecule has 0 bridgehead atoms. The number of carbonyl (C=O) groups excluding carboxylic acids is 1. The van der Waals surface area contributed by atoms with E-state index in [9.17, 15) is 18.7 Å². The highest BCUT2D eigenvalue weighted by Crippen LogP contribution is 2.46. The number of aliphatic hydroxyl groups excluding tert-OH is 1. The third-order valence-electron chi connectivity index (χ3n) is 8.19. The van der Waals surface area contributed by atoms with E-state index in [1.54, 1.807) is 84.9 Å².